The first-order valence-electron chi connectivity index (χ1n) is 8.55. The minimum Gasteiger partial charge on any atom is -0.497 e. The number of rotatable bonds is 5. The van der Waals surface area contributed by atoms with Gasteiger partial charge in [0.25, 0.3) is 17.7 Å². The second-order valence-electron chi connectivity index (χ2n) is 6.15. The van der Waals surface area contributed by atoms with Crippen molar-refractivity contribution in [3.8, 4) is 11.5 Å². The largest absolute Gasteiger partial charge is 0.497 e. The van der Waals surface area contributed by atoms with Crippen LogP contribution >= 0.6 is 0 Å². The average Bonchev–Trinajstić information content (AvgIpc) is 2.73. The van der Waals surface area contributed by atoms with Crippen molar-refractivity contribution < 1.29 is 23.9 Å². The van der Waals surface area contributed by atoms with Gasteiger partial charge in [-0.15, -0.1) is 0 Å². The third-order valence-corrected chi connectivity index (χ3v) is 4.44. The standard InChI is InChI=1S/C21H16N2O5/c1-27-14-8-10-15(11-9-14)28-12-18(24)22-23-20(25)16-6-2-4-13-5-3-7-17(19(13)16)21(23)26/h2-11H,12H2,1H3,(H,22,24). The summed E-state index contributed by atoms with van der Waals surface area (Å²) in [5, 5.41) is 2.13. The molecule has 7 heteroatoms. The van der Waals surface area contributed by atoms with Gasteiger partial charge in [0.15, 0.2) is 6.61 Å². The number of amides is 3. The number of ether oxygens (including phenoxy) is 2. The predicted octanol–water partition coefficient (Wildman–Crippen LogP) is 2.55. The van der Waals surface area contributed by atoms with Gasteiger partial charge < -0.3 is 9.47 Å². The fraction of sp³-hybridized carbons (Fsp3) is 0.0952. The average molecular weight is 376 g/mol. The van der Waals surface area contributed by atoms with Crippen LogP contribution in [0.3, 0.4) is 0 Å². The highest BCUT2D eigenvalue weighted by Gasteiger charge is 2.34. The molecule has 140 valence electrons. The van der Waals surface area contributed by atoms with E-state index in [1.165, 1.54) is 0 Å². The van der Waals surface area contributed by atoms with Crippen LogP contribution in [0, 0.1) is 0 Å². The summed E-state index contributed by atoms with van der Waals surface area (Å²) in [5.74, 6) is -0.653. The van der Waals surface area contributed by atoms with Crippen LogP contribution in [0.4, 0.5) is 0 Å². The first-order chi connectivity index (χ1) is 13.6. The van der Waals surface area contributed by atoms with Gasteiger partial charge in [-0.1, -0.05) is 24.3 Å². The Morgan fingerprint density at radius 2 is 1.46 bits per heavy atom. The van der Waals surface area contributed by atoms with E-state index >= 15 is 0 Å². The Balaban J connectivity index is 1.49. The lowest BCUT2D eigenvalue weighted by molar-refractivity contribution is -0.126. The summed E-state index contributed by atoms with van der Waals surface area (Å²) in [6, 6.07) is 17.1. The Morgan fingerprint density at radius 3 is 2.04 bits per heavy atom. The minimum atomic E-state index is -0.621. The minimum absolute atomic E-state index is 0.352. The summed E-state index contributed by atoms with van der Waals surface area (Å²) in [6.07, 6.45) is 0. The molecule has 0 unspecified atom stereocenters. The highest BCUT2D eigenvalue weighted by atomic mass is 16.5. The molecule has 3 aromatic carbocycles. The fourth-order valence-electron chi connectivity index (χ4n) is 3.11. The second kappa shape index (κ2) is 7.03. The first kappa shape index (κ1) is 17.5. The highest BCUT2D eigenvalue weighted by Crippen LogP contribution is 2.29. The number of hydrazine groups is 1. The Hall–Kier alpha value is -3.87. The van der Waals surface area contributed by atoms with Crippen LogP contribution in [0.25, 0.3) is 10.8 Å². The third-order valence-electron chi connectivity index (χ3n) is 4.44. The smallest absolute Gasteiger partial charge is 0.280 e. The molecule has 7 nitrogen and oxygen atoms in total. The summed E-state index contributed by atoms with van der Waals surface area (Å²) >= 11 is 0. The van der Waals surface area contributed by atoms with Crippen LogP contribution in [0.2, 0.25) is 0 Å². The maximum atomic E-state index is 12.7. The third kappa shape index (κ3) is 3.03. The Bertz CT molecular complexity index is 1040. The quantitative estimate of drug-likeness (QED) is 0.692. The van der Waals surface area contributed by atoms with E-state index in [4.69, 9.17) is 9.47 Å². The molecule has 1 aliphatic rings. The van der Waals surface area contributed by atoms with E-state index < -0.39 is 17.7 Å². The molecule has 0 saturated carbocycles. The zero-order valence-corrected chi connectivity index (χ0v) is 15.0. The van der Waals surface area contributed by atoms with Crippen molar-refractivity contribution in [2.24, 2.45) is 0 Å². The summed E-state index contributed by atoms with van der Waals surface area (Å²) < 4.78 is 10.4. The van der Waals surface area contributed by atoms with Crippen LogP contribution in [-0.2, 0) is 4.79 Å². The molecule has 3 aromatic rings. The number of carbonyl (C=O) groups excluding carboxylic acids is 3. The van der Waals surface area contributed by atoms with Crippen molar-refractivity contribution in [1.29, 1.82) is 0 Å². The second-order valence-corrected chi connectivity index (χ2v) is 6.15. The van der Waals surface area contributed by atoms with Gasteiger partial charge in [0.2, 0.25) is 0 Å². The van der Waals surface area contributed by atoms with E-state index in [1.807, 2.05) is 12.1 Å². The van der Waals surface area contributed by atoms with Crippen molar-refractivity contribution in [2.45, 2.75) is 0 Å². The van der Waals surface area contributed by atoms with Gasteiger partial charge in [-0.25, -0.2) is 0 Å². The molecule has 1 heterocycles. The molecule has 1 aliphatic heterocycles. The lowest BCUT2D eigenvalue weighted by atomic mass is 9.95. The Morgan fingerprint density at radius 1 is 0.893 bits per heavy atom. The van der Waals surface area contributed by atoms with E-state index in [0.29, 0.717) is 28.0 Å². The Kier molecular flexibility index (Phi) is 4.41. The maximum absolute atomic E-state index is 12.7. The zero-order chi connectivity index (χ0) is 19.7. The number of carbonyl (C=O) groups is 3. The predicted molar refractivity (Wildman–Crippen MR) is 101 cm³/mol. The van der Waals surface area contributed by atoms with Crippen LogP contribution in [0.15, 0.2) is 60.7 Å². The molecule has 0 bridgehead atoms. The van der Waals surface area contributed by atoms with Crippen molar-refractivity contribution in [1.82, 2.24) is 10.4 Å². The van der Waals surface area contributed by atoms with Gasteiger partial charge in [0.05, 0.1) is 18.2 Å². The van der Waals surface area contributed by atoms with Gasteiger partial charge in [-0.2, -0.15) is 5.01 Å². The molecule has 4 rings (SSSR count). The molecular formula is C21H16N2O5. The number of nitrogens with zero attached hydrogens (tertiary/aromatic N) is 1. The molecule has 3 amide bonds. The molecule has 0 spiro atoms. The van der Waals surface area contributed by atoms with Crippen molar-refractivity contribution in [2.75, 3.05) is 13.7 Å². The maximum Gasteiger partial charge on any atom is 0.280 e. The number of nitrogens with one attached hydrogen (secondary N) is 1. The Labute approximate surface area is 160 Å². The molecule has 0 aromatic heterocycles. The highest BCUT2D eigenvalue weighted by molar-refractivity contribution is 6.25. The molecule has 0 radical (unpaired) electrons. The van der Waals surface area contributed by atoms with E-state index in [2.05, 4.69) is 5.43 Å². The summed E-state index contributed by atoms with van der Waals surface area (Å²) in [7, 11) is 1.55. The van der Waals surface area contributed by atoms with Crippen molar-refractivity contribution in [3.05, 3.63) is 71.8 Å². The fourth-order valence-corrected chi connectivity index (χ4v) is 3.11. The molecule has 1 N–H and O–H groups in total. The van der Waals surface area contributed by atoms with Crippen LogP contribution in [0.1, 0.15) is 20.7 Å². The van der Waals surface area contributed by atoms with E-state index in [0.717, 1.165) is 10.4 Å². The number of benzene rings is 3. The lowest BCUT2D eigenvalue weighted by Crippen LogP contribution is -2.52. The van der Waals surface area contributed by atoms with E-state index in [9.17, 15) is 14.4 Å². The topological polar surface area (TPSA) is 84.9 Å². The van der Waals surface area contributed by atoms with Gasteiger partial charge >= 0.3 is 0 Å². The van der Waals surface area contributed by atoms with Crippen LogP contribution < -0.4 is 14.9 Å². The lowest BCUT2D eigenvalue weighted by Gasteiger charge is -2.27. The number of imide groups is 1. The monoisotopic (exact) mass is 376 g/mol. The molecule has 0 saturated heterocycles. The van der Waals surface area contributed by atoms with Crippen LogP contribution in [0.5, 0.6) is 11.5 Å². The molecule has 0 fully saturated rings. The van der Waals surface area contributed by atoms with E-state index in [-0.39, 0.29) is 6.61 Å². The van der Waals surface area contributed by atoms with Gasteiger partial charge in [0.1, 0.15) is 11.5 Å². The first-order valence-corrected chi connectivity index (χ1v) is 8.55. The van der Waals surface area contributed by atoms with Gasteiger partial charge in [-0.05, 0) is 41.8 Å². The molecule has 0 atom stereocenters. The molecule has 0 aliphatic carbocycles. The van der Waals surface area contributed by atoms with Crippen molar-refractivity contribution >= 4 is 28.5 Å². The van der Waals surface area contributed by atoms with Gasteiger partial charge in [0, 0.05) is 5.39 Å². The van der Waals surface area contributed by atoms with Crippen molar-refractivity contribution in [3.63, 3.8) is 0 Å². The number of hydrogen-bond donors (Lipinski definition) is 1. The van der Waals surface area contributed by atoms with E-state index in [1.54, 1.807) is 55.6 Å². The summed E-state index contributed by atoms with van der Waals surface area (Å²) in [5.41, 5.74) is 3.07. The number of methoxy groups -OCH3 is 1. The van der Waals surface area contributed by atoms with Gasteiger partial charge in [-0.3, -0.25) is 19.8 Å². The SMILES string of the molecule is COc1ccc(OCC(=O)NN2C(=O)c3cccc4cccc(c34)C2=O)cc1. The zero-order valence-electron chi connectivity index (χ0n) is 15.0. The van der Waals surface area contributed by atoms with Crippen LogP contribution in [-0.4, -0.2) is 36.4 Å². The normalized spacial score (nSPS) is 12.8. The molecular weight excluding hydrogens is 360 g/mol. The summed E-state index contributed by atoms with van der Waals surface area (Å²) in [4.78, 5) is 37.7. The summed E-state index contributed by atoms with van der Waals surface area (Å²) in [6.45, 7) is -0.352. The molecule has 28 heavy (non-hydrogen) atoms. The number of hydrogen-bond acceptors (Lipinski definition) is 5.